The van der Waals surface area contributed by atoms with E-state index in [0.717, 1.165) is 37.7 Å². The highest BCUT2D eigenvalue weighted by Gasteiger charge is 2.56. The lowest BCUT2D eigenvalue weighted by molar-refractivity contribution is -0.143. The van der Waals surface area contributed by atoms with Crippen LogP contribution in [0, 0.1) is 16.7 Å². The molecule has 9 nitrogen and oxygen atoms in total. The van der Waals surface area contributed by atoms with E-state index in [4.69, 9.17) is 0 Å². The molecule has 2 aliphatic heterocycles. The smallest absolute Gasteiger partial charge is 0.309 e. The Morgan fingerprint density at radius 3 is 2.53 bits per heavy atom. The summed E-state index contributed by atoms with van der Waals surface area (Å²) in [6, 6.07) is 7.63. The summed E-state index contributed by atoms with van der Waals surface area (Å²) in [6.45, 7) is 5.86. The number of carbonyl (C=O) groups is 4. The summed E-state index contributed by atoms with van der Waals surface area (Å²) in [5.41, 5.74) is 0.104. The predicted octanol–water partition coefficient (Wildman–Crippen LogP) is 2.37. The van der Waals surface area contributed by atoms with Gasteiger partial charge >= 0.3 is 11.8 Å². The Kier molecular flexibility index (Phi) is 7.07. The van der Waals surface area contributed by atoms with Gasteiger partial charge in [-0.05, 0) is 36.3 Å². The predicted molar refractivity (Wildman–Crippen MR) is 133 cm³/mol. The minimum absolute atomic E-state index is 0.0314. The Balaban J connectivity index is 1.54. The molecule has 3 aliphatic rings. The topological polar surface area (TPSA) is 131 Å². The first kappa shape index (κ1) is 25.7. The number of nitrogens with one attached hydrogen (secondary N) is 3. The number of fused-ring (bicyclic) bond motifs is 2. The van der Waals surface area contributed by atoms with E-state index in [2.05, 4.69) is 22.0 Å². The van der Waals surface area contributed by atoms with Gasteiger partial charge in [0.15, 0.2) is 0 Å². The van der Waals surface area contributed by atoms with Gasteiger partial charge in [0.05, 0.1) is 11.5 Å². The van der Waals surface area contributed by atoms with Crippen LogP contribution < -0.4 is 16.0 Å². The maximum Gasteiger partial charge on any atom is 0.309 e. The van der Waals surface area contributed by atoms with E-state index < -0.39 is 35.2 Å². The molecule has 0 bridgehead atoms. The summed E-state index contributed by atoms with van der Waals surface area (Å²) < 4.78 is 0. The monoisotopic (exact) mass is 493 g/mol. The molecule has 1 aromatic rings. The van der Waals surface area contributed by atoms with Crippen LogP contribution in [-0.4, -0.2) is 53.2 Å². The molecule has 0 radical (unpaired) electrons. The van der Waals surface area contributed by atoms with Crippen molar-refractivity contribution in [2.45, 2.75) is 89.3 Å². The second-order valence-corrected chi connectivity index (χ2v) is 11.5. The van der Waals surface area contributed by atoms with Crippen LogP contribution in [0.3, 0.4) is 0 Å². The number of amides is 4. The van der Waals surface area contributed by atoms with Crippen LogP contribution in [-0.2, 0) is 24.6 Å². The largest absolute Gasteiger partial charge is 0.345 e. The zero-order valence-corrected chi connectivity index (χ0v) is 21.2. The quantitative estimate of drug-likeness (QED) is 0.554. The molecule has 2 heterocycles. The number of likely N-dealkylation sites (tertiary alicyclic amines) is 1. The molecule has 36 heavy (non-hydrogen) atoms. The lowest BCUT2D eigenvalue weighted by atomic mass is 9.80. The lowest BCUT2D eigenvalue weighted by Crippen LogP contribution is -2.55. The third-order valence-electron chi connectivity index (χ3n) is 7.48. The SMILES string of the molecule is CC(C)(C)C[C@H](NC(=O)C(=O)NC1CCCCC1)C(=O)N1C[C@]2(C[C@H]1C#N)C(=O)Nc1ccccc12. The second-order valence-electron chi connectivity index (χ2n) is 11.5. The first-order valence-corrected chi connectivity index (χ1v) is 12.8. The number of hydrogen-bond donors (Lipinski definition) is 3. The van der Waals surface area contributed by atoms with Crippen LogP contribution in [0.2, 0.25) is 0 Å². The summed E-state index contributed by atoms with van der Waals surface area (Å²) >= 11 is 0. The van der Waals surface area contributed by atoms with E-state index in [1.165, 1.54) is 4.90 Å². The van der Waals surface area contributed by atoms with Crippen molar-refractivity contribution in [2.24, 2.45) is 5.41 Å². The molecule has 1 aromatic carbocycles. The fourth-order valence-corrected chi connectivity index (χ4v) is 5.72. The fraction of sp³-hybridized carbons (Fsp3) is 0.593. The molecule has 0 aromatic heterocycles. The van der Waals surface area contributed by atoms with Gasteiger partial charge in [0.1, 0.15) is 12.1 Å². The molecule has 1 saturated carbocycles. The first-order chi connectivity index (χ1) is 17.0. The van der Waals surface area contributed by atoms with E-state index in [0.29, 0.717) is 5.69 Å². The van der Waals surface area contributed by atoms with Gasteiger partial charge in [0, 0.05) is 24.7 Å². The van der Waals surface area contributed by atoms with Crippen molar-refractivity contribution in [3.63, 3.8) is 0 Å². The van der Waals surface area contributed by atoms with Gasteiger partial charge in [-0.15, -0.1) is 0 Å². The van der Waals surface area contributed by atoms with Crippen molar-refractivity contribution < 1.29 is 19.2 Å². The van der Waals surface area contributed by atoms with Gasteiger partial charge < -0.3 is 20.9 Å². The third-order valence-corrected chi connectivity index (χ3v) is 7.48. The molecule has 4 rings (SSSR count). The number of benzene rings is 1. The summed E-state index contributed by atoms with van der Waals surface area (Å²) in [5, 5.41) is 18.2. The molecule has 3 N–H and O–H groups in total. The van der Waals surface area contributed by atoms with E-state index >= 15 is 0 Å². The maximum absolute atomic E-state index is 13.8. The van der Waals surface area contributed by atoms with E-state index in [-0.39, 0.29) is 36.8 Å². The minimum Gasteiger partial charge on any atom is -0.345 e. The van der Waals surface area contributed by atoms with E-state index in [1.807, 2.05) is 39.0 Å². The number of nitrogens with zero attached hydrogens (tertiary/aromatic N) is 2. The molecule has 192 valence electrons. The molecule has 1 saturated heterocycles. The molecule has 3 atom stereocenters. The number of carbonyl (C=O) groups excluding carboxylic acids is 4. The fourth-order valence-electron chi connectivity index (χ4n) is 5.72. The van der Waals surface area contributed by atoms with Crippen molar-refractivity contribution in [3.05, 3.63) is 29.8 Å². The summed E-state index contributed by atoms with van der Waals surface area (Å²) in [5.74, 6) is -2.28. The zero-order chi connectivity index (χ0) is 26.1. The first-order valence-electron chi connectivity index (χ1n) is 12.8. The lowest BCUT2D eigenvalue weighted by Gasteiger charge is -2.31. The van der Waals surface area contributed by atoms with E-state index in [9.17, 15) is 24.4 Å². The van der Waals surface area contributed by atoms with Crippen molar-refractivity contribution >= 4 is 29.3 Å². The number of nitriles is 1. The number of rotatable bonds is 4. The van der Waals surface area contributed by atoms with Gasteiger partial charge in [0.25, 0.3) is 0 Å². The second kappa shape index (κ2) is 9.92. The molecule has 1 spiro atoms. The summed E-state index contributed by atoms with van der Waals surface area (Å²) in [7, 11) is 0. The van der Waals surface area contributed by atoms with Gasteiger partial charge in [-0.25, -0.2) is 0 Å². The highest BCUT2D eigenvalue weighted by Crippen LogP contribution is 2.46. The molecule has 9 heteroatoms. The minimum atomic E-state index is -1.01. The van der Waals surface area contributed by atoms with Crippen molar-refractivity contribution in [1.29, 1.82) is 5.26 Å². The zero-order valence-electron chi connectivity index (χ0n) is 21.2. The Hall–Kier alpha value is -3.41. The maximum atomic E-state index is 13.8. The van der Waals surface area contributed by atoms with Gasteiger partial charge in [-0.3, -0.25) is 19.2 Å². The Morgan fingerprint density at radius 2 is 1.86 bits per heavy atom. The molecular formula is C27H35N5O4. The number of anilines is 1. The molecule has 4 amide bonds. The Bertz CT molecular complexity index is 1100. The van der Waals surface area contributed by atoms with Gasteiger partial charge in [0.2, 0.25) is 11.8 Å². The van der Waals surface area contributed by atoms with Crippen LogP contribution in [0.5, 0.6) is 0 Å². The van der Waals surface area contributed by atoms with Crippen LogP contribution in [0.25, 0.3) is 0 Å². The molecular weight excluding hydrogens is 458 g/mol. The van der Waals surface area contributed by atoms with Crippen LogP contribution in [0.4, 0.5) is 5.69 Å². The van der Waals surface area contributed by atoms with Crippen LogP contribution in [0.15, 0.2) is 24.3 Å². The molecule has 1 aliphatic carbocycles. The normalized spacial score (nSPS) is 24.6. The van der Waals surface area contributed by atoms with Crippen LogP contribution in [0.1, 0.15) is 71.3 Å². The van der Waals surface area contributed by atoms with Gasteiger partial charge in [-0.2, -0.15) is 5.26 Å². The molecule has 0 unspecified atom stereocenters. The van der Waals surface area contributed by atoms with E-state index in [1.54, 1.807) is 6.07 Å². The van der Waals surface area contributed by atoms with Crippen LogP contribution >= 0.6 is 0 Å². The average Bonchev–Trinajstić information content (AvgIpc) is 3.36. The van der Waals surface area contributed by atoms with Crippen molar-refractivity contribution in [3.8, 4) is 6.07 Å². The third kappa shape index (κ3) is 5.08. The number of hydrogen-bond acceptors (Lipinski definition) is 5. The standard InChI is InChI=1S/C27H35N5O4/c1-26(2,3)14-21(30-23(34)22(33)29-17-9-5-4-6-10-17)24(35)32-16-27(13-18(32)15-28)19-11-7-8-12-20(19)31-25(27)36/h7-8,11-12,17-18,21H,4-6,9-10,13-14,16H2,1-3H3,(H,29,33)(H,30,34)(H,31,36)/t18-,21-,27-/m0/s1. The average molecular weight is 494 g/mol. The number of para-hydroxylation sites is 1. The Morgan fingerprint density at radius 1 is 1.17 bits per heavy atom. The highest BCUT2D eigenvalue weighted by atomic mass is 16.2. The van der Waals surface area contributed by atoms with Crippen molar-refractivity contribution in [2.75, 3.05) is 11.9 Å². The van der Waals surface area contributed by atoms with Crippen molar-refractivity contribution in [1.82, 2.24) is 15.5 Å². The Labute approximate surface area is 212 Å². The molecule has 2 fully saturated rings. The van der Waals surface area contributed by atoms with Gasteiger partial charge in [-0.1, -0.05) is 58.2 Å². The highest BCUT2D eigenvalue weighted by molar-refractivity contribution is 6.35. The summed E-state index contributed by atoms with van der Waals surface area (Å²) in [6.07, 6.45) is 5.29. The summed E-state index contributed by atoms with van der Waals surface area (Å²) in [4.78, 5) is 53.7.